The third-order valence-corrected chi connectivity index (χ3v) is 7.27. The molecule has 8 nitrogen and oxygen atoms in total. The highest BCUT2D eigenvalue weighted by Gasteiger charge is 2.46. The molecule has 2 aliphatic heterocycles. The summed E-state index contributed by atoms with van der Waals surface area (Å²) in [5.41, 5.74) is 0.577. The van der Waals surface area contributed by atoms with Crippen molar-refractivity contribution in [1.29, 1.82) is 0 Å². The number of carbonyl (C=O) groups is 3. The Hall–Kier alpha value is -3.12. The highest BCUT2D eigenvalue weighted by molar-refractivity contribution is 7.11. The topological polar surface area (TPSA) is 93.2 Å². The summed E-state index contributed by atoms with van der Waals surface area (Å²) in [6, 6.07) is 13.8. The number of para-hydroxylation sites is 1. The molecular weight excluding hydrogens is 509 g/mol. The predicted octanol–water partition coefficient (Wildman–Crippen LogP) is 4.28. The minimum atomic E-state index is -5.08. The summed E-state index contributed by atoms with van der Waals surface area (Å²) in [7, 11) is 0. The fourth-order valence-corrected chi connectivity index (χ4v) is 5.59. The van der Waals surface area contributed by atoms with E-state index in [-0.39, 0.29) is 17.4 Å². The summed E-state index contributed by atoms with van der Waals surface area (Å²) in [4.78, 5) is 43.5. The van der Waals surface area contributed by atoms with Crippen LogP contribution in [0.4, 0.5) is 23.7 Å². The largest absolute Gasteiger partial charge is 0.490 e. The number of halogens is 3. The molecule has 1 atom stereocenters. The molecule has 2 aliphatic rings. The molecule has 37 heavy (non-hydrogen) atoms. The number of hydrogen-bond donors (Lipinski definition) is 2. The number of rotatable bonds is 4. The Labute approximate surface area is 217 Å². The van der Waals surface area contributed by atoms with Gasteiger partial charge in [-0.3, -0.25) is 9.69 Å². The van der Waals surface area contributed by atoms with Gasteiger partial charge in [0, 0.05) is 73.1 Å². The van der Waals surface area contributed by atoms with Crippen LogP contribution in [0.3, 0.4) is 0 Å². The SMILES string of the molecule is CCN1CC2(CC1=O)CN(Cc1ccc(C)s1)CCN(C(=O)Nc1ccccc1)C2.O=C(O)C(F)(F)F. The van der Waals surface area contributed by atoms with Gasteiger partial charge in [-0.25, -0.2) is 9.59 Å². The monoisotopic (exact) mass is 540 g/mol. The lowest BCUT2D eigenvalue weighted by atomic mass is 9.86. The number of urea groups is 1. The van der Waals surface area contributed by atoms with Crippen molar-refractivity contribution in [2.75, 3.05) is 44.6 Å². The second-order valence-electron chi connectivity index (χ2n) is 9.33. The number of carboxylic acids is 1. The number of amides is 3. The Balaban J connectivity index is 0.000000479. The van der Waals surface area contributed by atoms with Crippen LogP contribution in [0.2, 0.25) is 0 Å². The maximum Gasteiger partial charge on any atom is 0.490 e. The molecule has 2 aromatic rings. The summed E-state index contributed by atoms with van der Waals surface area (Å²) >= 11 is 1.82. The predicted molar refractivity (Wildman–Crippen MR) is 134 cm³/mol. The molecule has 0 bridgehead atoms. The number of nitrogens with zero attached hydrogens (tertiary/aromatic N) is 3. The first kappa shape index (κ1) is 28.5. The van der Waals surface area contributed by atoms with Crippen LogP contribution in [0.1, 0.15) is 23.1 Å². The molecular formula is C25H31F3N4O4S. The Kier molecular flexibility index (Phi) is 9.19. The summed E-state index contributed by atoms with van der Waals surface area (Å²) in [5, 5.41) is 10.1. The maximum atomic E-state index is 13.1. The molecule has 3 heterocycles. The van der Waals surface area contributed by atoms with E-state index in [0.29, 0.717) is 19.5 Å². The molecule has 2 fully saturated rings. The van der Waals surface area contributed by atoms with Gasteiger partial charge in [0.25, 0.3) is 0 Å². The van der Waals surface area contributed by atoms with E-state index in [9.17, 15) is 22.8 Å². The van der Waals surface area contributed by atoms with Gasteiger partial charge in [0.2, 0.25) is 5.91 Å². The number of alkyl halides is 3. The number of hydrogen-bond acceptors (Lipinski definition) is 5. The van der Waals surface area contributed by atoms with Gasteiger partial charge in [-0.2, -0.15) is 13.2 Å². The quantitative estimate of drug-likeness (QED) is 0.604. The Morgan fingerprint density at radius 2 is 1.76 bits per heavy atom. The number of carboxylic acid groups (broad SMARTS) is 1. The van der Waals surface area contributed by atoms with Crippen LogP contribution in [-0.4, -0.2) is 83.2 Å². The van der Waals surface area contributed by atoms with Gasteiger partial charge < -0.3 is 20.2 Å². The average Bonchev–Trinajstić information content (AvgIpc) is 3.32. The molecule has 202 valence electrons. The summed E-state index contributed by atoms with van der Waals surface area (Å²) in [5.74, 6) is -2.55. The summed E-state index contributed by atoms with van der Waals surface area (Å²) in [6.45, 7) is 9.37. The van der Waals surface area contributed by atoms with E-state index in [1.807, 2.05) is 58.4 Å². The maximum absolute atomic E-state index is 13.1. The van der Waals surface area contributed by atoms with Crippen molar-refractivity contribution < 1.29 is 32.7 Å². The number of carbonyl (C=O) groups excluding carboxylic acids is 2. The Morgan fingerprint density at radius 1 is 1.08 bits per heavy atom. The Bertz CT molecular complexity index is 1100. The normalized spacial score (nSPS) is 20.4. The highest BCUT2D eigenvalue weighted by atomic mass is 32.1. The van der Waals surface area contributed by atoms with E-state index in [1.54, 1.807) is 0 Å². The minimum Gasteiger partial charge on any atom is -0.475 e. The van der Waals surface area contributed by atoms with Crippen molar-refractivity contribution in [2.45, 2.75) is 33.0 Å². The van der Waals surface area contributed by atoms with Crippen molar-refractivity contribution in [3.8, 4) is 0 Å². The second kappa shape index (κ2) is 12.0. The molecule has 0 aliphatic carbocycles. The van der Waals surface area contributed by atoms with E-state index in [4.69, 9.17) is 9.90 Å². The van der Waals surface area contributed by atoms with E-state index >= 15 is 0 Å². The van der Waals surface area contributed by atoms with Crippen LogP contribution >= 0.6 is 11.3 Å². The molecule has 1 aromatic heterocycles. The molecule has 2 N–H and O–H groups in total. The van der Waals surface area contributed by atoms with Crippen LogP contribution in [0.5, 0.6) is 0 Å². The molecule has 1 aromatic carbocycles. The van der Waals surface area contributed by atoms with Crippen molar-refractivity contribution in [3.05, 3.63) is 52.2 Å². The first-order chi connectivity index (χ1) is 17.4. The highest BCUT2D eigenvalue weighted by Crippen LogP contribution is 2.36. The number of aryl methyl sites for hydroxylation is 1. The van der Waals surface area contributed by atoms with E-state index < -0.39 is 12.1 Å². The minimum absolute atomic E-state index is 0.0863. The first-order valence-electron chi connectivity index (χ1n) is 11.9. The van der Waals surface area contributed by atoms with Gasteiger partial charge in [0.1, 0.15) is 0 Å². The van der Waals surface area contributed by atoms with Gasteiger partial charge in [0.05, 0.1) is 0 Å². The zero-order chi connectivity index (χ0) is 27.2. The summed E-state index contributed by atoms with van der Waals surface area (Å²) < 4.78 is 31.7. The zero-order valence-electron chi connectivity index (χ0n) is 20.8. The molecule has 1 spiro atoms. The second-order valence-corrected chi connectivity index (χ2v) is 10.7. The summed E-state index contributed by atoms with van der Waals surface area (Å²) in [6.07, 6.45) is -4.57. The van der Waals surface area contributed by atoms with Crippen molar-refractivity contribution in [2.24, 2.45) is 5.41 Å². The van der Waals surface area contributed by atoms with Gasteiger partial charge in [-0.1, -0.05) is 18.2 Å². The number of aliphatic carboxylic acids is 1. The number of thiophene rings is 1. The number of nitrogens with one attached hydrogen (secondary N) is 1. The van der Waals surface area contributed by atoms with Crippen molar-refractivity contribution in [1.82, 2.24) is 14.7 Å². The Morgan fingerprint density at radius 3 is 2.30 bits per heavy atom. The molecule has 3 amide bonds. The zero-order valence-corrected chi connectivity index (χ0v) is 21.6. The van der Waals surface area contributed by atoms with Gasteiger partial charge in [-0.05, 0) is 38.1 Å². The van der Waals surface area contributed by atoms with Crippen molar-refractivity contribution >= 4 is 34.9 Å². The fourth-order valence-electron chi connectivity index (χ4n) is 4.65. The molecule has 2 saturated heterocycles. The van der Waals surface area contributed by atoms with Crippen LogP contribution in [0.15, 0.2) is 42.5 Å². The number of benzene rings is 1. The lowest BCUT2D eigenvalue weighted by molar-refractivity contribution is -0.192. The third kappa shape index (κ3) is 7.93. The van der Waals surface area contributed by atoms with Crippen LogP contribution < -0.4 is 5.32 Å². The van der Waals surface area contributed by atoms with Crippen LogP contribution in [0.25, 0.3) is 0 Å². The lowest BCUT2D eigenvalue weighted by Gasteiger charge is -2.33. The van der Waals surface area contributed by atoms with Gasteiger partial charge in [-0.15, -0.1) is 11.3 Å². The molecule has 0 saturated carbocycles. The lowest BCUT2D eigenvalue weighted by Crippen LogP contribution is -2.45. The number of likely N-dealkylation sites (tertiary alicyclic amines) is 1. The first-order valence-corrected chi connectivity index (χ1v) is 12.7. The molecule has 0 radical (unpaired) electrons. The molecule has 4 rings (SSSR count). The van der Waals surface area contributed by atoms with Crippen LogP contribution in [-0.2, 0) is 16.1 Å². The van der Waals surface area contributed by atoms with Crippen LogP contribution in [0, 0.1) is 12.3 Å². The average molecular weight is 541 g/mol. The third-order valence-electron chi connectivity index (χ3n) is 6.29. The molecule has 12 heteroatoms. The van der Waals surface area contributed by atoms with Crippen molar-refractivity contribution in [3.63, 3.8) is 0 Å². The molecule has 1 unspecified atom stereocenters. The van der Waals surface area contributed by atoms with Gasteiger partial charge in [0.15, 0.2) is 0 Å². The smallest absolute Gasteiger partial charge is 0.475 e. The van der Waals surface area contributed by atoms with Gasteiger partial charge >= 0.3 is 18.2 Å². The standard InChI is InChI=1S/C23H30N4O2S.C2HF3O2/c1-3-26-16-23(13-21(26)28)15-25(14-20-10-9-18(2)30-20)11-12-27(17-23)22(29)24-19-7-5-4-6-8-19;3-2(4,5)1(6)7/h4-10H,3,11-17H2,1-2H3,(H,24,29);(H,6,7). The fraction of sp³-hybridized carbons (Fsp3) is 0.480. The van der Waals surface area contributed by atoms with E-state index in [2.05, 4.69) is 29.3 Å². The number of anilines is 1. The van der Waals surface area contributed by atoms with E-state index in [1.165, 1.54) is 9.75 Å². The van der Waals surface area contributed by atoms with E-state index in [0.717, 1.165) is 38.4 Å².